The molecule has 3 heterocycles. The van der Waals surface area contributed by atoms with Gasteiger partial charge in [0.15, 0.2) is 0 Å². The van der Waals surface area contributed by atoms with Crippen molar-refractivity contribution in [1.82, 2.24) is 19.4 Å². The molecule has 1 unspecified atom stereocenters. The van der Waals surface area contributed by atoms with Crippen LogP contribution < -0.4 is 0 Å². The van der Waals surface area contributed by atoms with Crippen LogP contribution in [0.5, 0.6) is 0 Å². The molecule has 0 bridgehead atoms. The summed E-state index contributed by atoms with van der Waals surface area (Å²) in [5.41, 5.74) is 3.93. The number of rotatable bonds is 2. The van der Waals surface area contributed by atoms with Crippen molar-refractivity contribution < 1.29 is 4.79 Å². The molecule has 5 heteroatoms. The van der Waals surface area contributed by atoms with Crippen molar-refractivity contribution in [2.75, 3.05) is 13.1 Å². The van der Waals surface area contributed by atoms with E-state index in [2.05, 4.69) is 15.6 Å². The van der Waals surface area contributed by atoms with E-state index in [1.54, 1.807) is 0 Å². The Morgan fingerprint density at radius 2 is 2.04 bits per heavy atom. The van der Waals surface area contributed by atoms with Gasteiger partial charge in [-0.25, -0.2) is 4.98 Å². The molecule has 2 aromatic heterocycles. The number of carbonyl (C=O) groups excluding carboxylic acids is 1. The molecule has 5 nitrogen and oxygen atoms in total. The molecular weight excluding hydrogens is 336 g/mol. The van der Waals surface area contributed by atoms with Crippen molar-refractivity contribution in [1.29, 1.82) is 0 Å². The number of fused-ring (bicyclic) bond motifs is 2. The second kappa shape index (κ2) is 6.27. The average Bonchev–Trinajstić information content (AvgIpc) is 3.31. The summed E-state index contributed by atoms with van der Waals surface area (Å²) in [5.74, 6) is 1.37. The van der Waals surface area contributed by atoms with Crippen LogP contribution in [0.2, 0.25) is 0 Å². The van der Waals surface area contributed by atoms with E-state index in [0.29, 0.717) is 6.54 Å². The molecule has 1 N–H and O–H groups in total. The Balaban J connectivity index is 1.44. The lowest BCUT2D eigenvalue weighted by molar-refractivity contribution is 0.0707. The third kappa shape index (κ3) is 2.70. The number of nitrogens with zero attached hydrogens (tertiary/aromatic N) is 3. The second-order valence-electron chi connectivity index (χ2n) is 7.39. The summed E-state index contributed by atoms with van der Waals surface area (Å²) < 4.78 is 2.06. The molecule has 27 heavy (non-hydrogen) atoms. The molecule has 136 valence electrons. The molecule has 1 saturated heterocycles. The number of amides is 1. The largest absolute Gasteiger partial charge is 0.351 e. The fraction of sp³-hybridized carbons (Fsp3) is 0.273. The minimum absolute atomic E-state index is 0.118. The standard InChI is InChI=1S/C22H22N4O/c1-25-13-11-16-17(7-4-10-20(16)25)22(27)26-12-5-6-15(14-26)21-23-18-8-2-3-9-19(18)24-21/h2-4,7-11,13,15H,5-6,12,14H2,1H3,(H,23,24). The molecule has 1 atom stereocenters. The highest BCUT2D eigenvalue weighted by Gasteiger charge is 2.28. The summed E-state index contributed by atoms with van der Waals surface area (Å²) in [6.45, 7) is 1.51. The number of para-hydroxylation sites is 2. The third-order valence-electron chi connectivity index (χ3n) is 5.66. The Bertz CT molecular complexity index is 1110. The van der Waals surface area contributed by atoms with Crippen LogP contribution in [0, 0.1) is 0 Å². The first-order valence-electron chi connectivity index (χ1n) is 9.48. The van der Waals surface area contributed by atoms with E-state index in [1.165, 1.54) is 0 Å². The van der Waals surface area contributed by atoms with Gasteiger partial charge in [-0.05, 0) is 43.2 Å². The Kier molecular flexibility index (Phi) is 3.74. The number of carbonyl (C=O) groups is 1. The maximum atomic E-state index is 13.3. The van der Waals surface area contributed by atoms with E-state index < -0.39 is 0 Å². The van der Waals surface area contributed by atoms with Crippen molar-refractivity contribution in [2.24, 2.45) is 7.05 Å². The normalized spacial score (nSPS) is 17.7. The van der Waals surface area contributed by atoms with Gasteiger partial charge in [0.2, 0.25) is 0 Å². The summed E-state index contributed by atoms with van der Waals surface area (Å²) in [6.07, 6.45) is 4.06. The summed E-state index contributed by atoms with van der Waals surface area (Å²) in [7, 11) is 2.01. The first kappa shape index (κ1) is 16.1. The SMILES string of the molecule is Cn1ccc2c(C(=O)N3CCCC(c4nc5ccccc5[nH]4)C3)cccc21. The third-order valence-corrected chi connectivity index (χ3v) is 5.66. The Morgan fingerprint density at radius 3 is 2.93 bits per heavy atom. The van der Waals surface area contributed by atoms with Gasteiger partial charge in [0.25, 0.3) is 5.91 Å². The topological polar surface area (TPSA) is 53.9 Å². The van der Waals surface area contributed by atoms with Crippen molar-refractivity contribution in [3.05, 3.63) is 66.1 Å². The monoisotopic (exact) mass is 358 g/mol. The number of aromatic amines is 1. The lowest BCUT2D eigenvalue weighted by Gasteiger charge is -2.32. The first-order chi connectivity index (χ1) is 13.2. The number of aromatic nitrogens is 3. The average molecular weight is 358 g/mol. The second-order valence-corrected chi connectivity index (χ2v) is 7.39. The summed E-state index contributed by atoms with van der Waals surface area (Å²) >= 11 is 0. The molecule has 0 saturated carbocycles. The number of aryl methyl sites for hydroxylation is 1. The van der Waals surface area contributed by atoms with Gasteiger partial charge >= 0.3 is 0 Å². The minimum atomic E-state index is 0.118. The Morgan fingerprint density at radius 1 is 1.15 bits per heavy atom. The molecule has 1 amide bonds. The molecule has 1 fully saturated rings. The quantitative estimate of drug-likeness (QED) is 0.587. The van der Waals surface area contributed by atoms with Crippen molar-refractivity contribution in [2.45, 2.75) is 18.8 Å². The maximum Gasteiger partial charge on any atom is 0.254 e. The zero-order valence-corrected chi connectivity index (χ0v) is 15.4. The van der Waals surface area contributed by atoms with Gasteiger partial charge in [-0.15, -0.1) is 0 Å². The van der Waals surface area contributed by atoms with Crippen molar-refractivity contribution >= 4 is 27.8 Å². The molecule has 0 radical (unpaired) electrons. The zero-order valence-electron chi connectivity index (χ0n) is 15.4. The molecule has 4 aromatic rings. The number of nitrogens with one attached hydrogen (secondary N) is 1. The van der Waals surface area contributed by atoms with Crippen molar-refractivity contribution in [3.63, 3.8) is 0 Å². The number of H-pyrrole nitrogens is 1. The Hall–Kier alpha value is -3.08. The van der Waals surface area contributed by atoms with Gasteiger partial charge in [0.05, 0.1) is 11.0 Å². The lowest BCUT2D eigenvalue weighted by Crippen LogP contribution is -2.39. The van der Waals surface area contributed by atoms with E-state index in [1.807, 2.05) is 60.6 Å². The van der Waals surface area contributed by atoms with Gasteiger partial charge in [0, 0.05) is 48.7 Å². The van der Waals surface area contributed by atoms with Crippen LogP contribution >= 0.6 is 0 Å². The van der Waals surface area contributed by atoms with Gasteiger partial charge in [-0.1, -0.05) is 18.2 Å². The predicted molar refractivity (Wildman–Crippen MR) is 107 cm³/mol. The first-order valence-corrected chi connectivity index (χ1v) is 9.48. The lowest BCUT2D eigenvalue weighted by atomic mass is 9.96. The molecule has 1 aliphatic heterocycles. The highest BCUT2D eigenvalue weighted by atomic mass is 16.2. The van der Waals surface area contributed by atoms with Crippen LogP contribution in [-0.4, -0.2) is 38.4 Å². The molecule has 1 aliphatic rings. The van der Waals surface area contributed by atoms with Gasteiger partial charge in [-0.2, -0.15) is 0 Å². The van der Waals surface area contributed by atoms with Crippen LogP contribution in [0.3, 0.4) is 0 Å². The van der Waals surface area contributed by atoms with Gasteiger partial charge in [-0.3, -0.25) is 4.79 Å². The number of hydrogen-bond acceptors (Lipinski definition) is 2. The smallest absolute Gasteiger partial charge is 0.254 e. The van der Waals surface area contributed by atoms with E-state index in [0.717, 1.165) is 52.7 Å². The fourth-order valence-corrected chi connectivity index (χ4v) is 4.21. The zero-order chi connectivity index (χ0) is 18.4. The highest BCUT2D eigenvalue weighted by molar-refractivity contribution is 6.06. The molecule has 2 aromatic carbocycles. The number of likely N-dealkylation sites (tertiary alicyclic amines) is 1. The molecule has 0 spiro atoms. The fourth-order valence-electron chi connectivity index (χ4n) is 4.21. The summed E-state index contributed by atoms with van der Waals surface area (Å²) in [4.78, 5) is 23.5. The van der Waals surface area contributed by atoms with E-state index in [4.69, 9.17) is 4.98 Å². The number of benzene rings is 2. The van der Waals surface area contributed by atoms with Crippen LogP contribution in [0.1, 0.15) is 34.9 Å². The number of piperidine rings is 1. The maximum absolute atomic E-state index is 13.3. The molecular formula is C22H22N4O. The van der Waals surface area contributed by atoms with E-state index in [-0.39, 0.29) is 11.8 Å². The number of imidazole rings is 1. The predicted octanol–water partition coefficient (Wildman–Crippen LogP) is 4.07. The number of hydrogen-bond donors (Lipinski definition) is 1. The van der Waals surface area contributed by atoms with Crippen LogP contribution in [0.25, 0.3) is 21.9 Å². The molecule has 5 rings (SSSR count). The van der Waals surface area contributed by atoms with E-state index >= 15 is 0 Å². The Labute approximate surface area is 157 Å². The van der Waals surface area contributed by atoms with Crippen molar-refractivity contribution in [3.8, 4) is 0 Å². The minimum Gasteiger partial charge on any atom is -0.351 e. The van der Waals surface area contributed by atoms with Gasteiger partial charge < -0.3 is 14.5 Å². The van der Waals surface area contributed by atoms with Crippen LogP contribution in [0.15, 0.2) is 54.7 Å². The summed E-state index contributed by atoms with van der Waals surface area (Å²) in [5, 5.41) is 1.02. The van der Waals surface area contributed by atoms with Crippen LogP contribution in [0.4, 0.5) is 0 Å². The van der Waals surface area contributed by atoms with E-state index in [9.17, 15) is 4.79 Å². The summed E-state index contributed by atoms with van der Waals surface area (Å²) in [6, 6.07) is 16.1. The van der Waals surface area contributed by atoms with Crippen LogP contribution in [-0.2, 0) is 7.05 Å². The molecule has 0 aliphatic carbocycles. The highest BCUT2D eigenvalue weighted by Crippen LogP contribution is 2.29. The van der Waals surface area contributed by atoms with Gasteiger partial charge in [0.1, 0.15) is 5.82 Å².